The summed E-state index contributed by atoms with van der Waals surface area (Å²) < 4.78 is 0. The molecule has 24 heavy (non-hydrogen) atoms. The quantitative estimate of drug-likeness (QED) is 0.462. The molecule has 3 rings (SSSR count). The normalized spacial score (nSPS) is 15.4. The van der Waals surface area contributed by atoms with Crippen LogP contribution in [-0.2, 0) is 16.9 Å². The number of nitrogen functional groups attached to an aromatic ring is 1. The summed E-state index contributed by atoms with van der Waals surface area (Å²) in [5.41, 5.74) is 6.40. The SMILES string of the molecule is Nc1nc(Cl)c(NC=O)c(NCc2cccc(C3(O)CCC3)n2)n1. The molecule has 0 saturated heterocycles. The standard InChI is InChI=1S/C15H17ClN6O2/c16-12-11(19-8-23)13(22-14(17)21-12)18-7-9-3-1-4-10(20-9)15(24)5-2-6-15/h1,3-4,8,24H,2,5-7H2,(H,19,23)(H3,17,18,21,22). The Labute approximate surface area is 143 Å². The van der Waals surface area contributed by atoms with Gasteiger partial charge in [0.2, 0.25) is 12.4 Å². The first-order valence-corrected chi connectivity index (χ1v) is 7.85. The molecule has 1 saturated carbocycles. The Balaban J connectivity index is 1.79. The first-order valence-electron chi connectivity index (χ1n) is 7.48. The number of nitrogens with zero attached hydrogens (tertiary/aromatic N) is 3. The number of carbonyl (C=O) groups excluding carboxylic acids is 1. The van der Waals surface area contributed by atoms with Crippen LogP contribution in [0, 0.1) is 0 Å². The lowest BCUT2D eigenvalue weighted by atomic mass is 9.77. The number of nitrogens with two attached hydrogens (primary N) is 1. The largest absolute Gasteiger partial charge is 0.384 e. The van der Waals surface area contributed by atoms with Gasteiger partial charge in [-0.05, 0) is 31.4 Å². The van der Waals surface area contributed by atoms with Crippen molar-refractivity contribution in [3.8, 4) is 0 Å². The van der Waals surface area contributed by atoms with Gasteiger partial charge < -0.3 is 21.5 Å². The summed E-state index contributed by atoms with van der Waals surface area (Å²) in [7, 11) is 0. The van der Waals surface area contributed by atoms with Crippen LogP contribution in [0.5, 0.6) is 0 Å². The number of rotatable bonds is 6. The van der Waals surface area contributed by atoms with Gasteiger partial charge in [-0.1, -0.05) is 17.7 Å². The topological polar surface area (TPSA) is 126 Å². The Hall–Kier alpha value is -2.45. The fourth-order valence-corrected chi connectivity index (χ4v) is 2.77. The predicted molar refractivity (Wildman–Crippen MR) is 90.5 cm³/mol. The summed E-state index contributed by atoms with van der Waals surface area (Å²) in [5, 5.41) is 15.9. The first kappa shape index (κ1) is 16.4. The van der Waals surface area contributed by atoms with E-state index in [1.165, 1.54) is 0 Å². The lowest BCUT2D eigenvalue weighted by Gasteiger charge is -2.36. The zero-order valence-electron chi connectivity index (χ0n) is 12.8. The van der Waals surface area contributed by atoms with E-state index in [4.69, 9.17) is 17.3 Å². The number of aromatic nitrogens is 3. The summed E-state index contributed by atoms with van der Waals surface area (Å²) in [4.78, 5) is 23.0. The highest BCUT2D eigenvalue weighted by Gasteiger charge is 2.37. The van der Waals surface area contributed by atoms with Crippen molar-refractivity contribution in [2.75, 3.05) is 16.4 Å². The van der Waals surface area contributed by atoms with Crippen molar-refractivity contribution in [3.63, 3.8) is 0 Å². The van der Waals surface area contributed by atoms with Crippen LogP contribution in [0.25, 0.3) is 0 Å². The van der Waals surface area contributed by atoms with Gasteiger partial charge in [0.25, 0.3) is 0 Å². The van der Waals surface area contributed by atoms with Gasteiger partial charge in [0.15, 0.2) is 11.0 Å². The van der Waals surface area contributed by atoms with Gasteiger partial charge in [-0.15, -0.1) is 0 Å². The molecule has 2 heterocycles. The van der Waals surface area contributed by atoms with Gasteiger partial charge in [0.05, 0.1) is 17.9 Å². The molecule has 2 aromatic heterocycles. The summed E-state index contributed by atoms with van der Waals surface area (Å²) in [6, 6.07) is 5.50. The minimum Gasteiger partial charge on any atom is -0.384 e. The minimum absolute atomic E-state index is 0.00978. The molecule has 1 aliphatic carbocycles. The van der Waals surface area contributed by atoms with Crippen molar-refractivity contribution in [3.05, 3.63) is 34.7 Å². The van der Waals surface area contributed by atoms with Gasteiger partial charge in [0, 0.05) is 0 Å². The van der Waals surface area contributed by atoms with E-state index in [0.717, 1.165) is 25.0 Å². The van der Waals surface area contributed by atoms with E-state index in [0.29, 0.717) is 24.5 Å². The van der Waals surface area contributed by atoms with Gasteiger partial charge in [0.1, 0.15) is 11.3 Å². The molecule has 0 unspecified atom stereocenters. The van der Waals surface area contributed by atoms with E-state index in [1.54, 1.807) is 0 Å². The van der Waals surface area contributed by atoms with E-state index >= 15 is 0 Å². The molecule has 0 atom stereocenters. The smallest absolute Gasteiger partial charge is 0.223 e. The maximum Gasteiger partial charge on any atom is 0.223 e. The summed E-state index contributed by atoms with van der Waals surface area (Å²) >= 11 is 5.97. The number of halogens is 1. The average Bonchev–Trinajstić information content (AvgIpc) is 2.53. The van der Waals surface area contributed by atoms with Crippen molar-refractivity contribution in [2.24, 2.45) is 0 Å². The summed E-state index contributed by atoms with van der Waals surface area (Å²) in [6.45, 7) is 0.324. The van der Waals surface area contributed by atoms with Crippen LogP contribution in [0.3, 0.4) is 0 Å². The zero-order chi connectivity index (χ0) is 17.2. The second kappa shape index (κ2) is 6.58. The number of hydrogen-bond donors (Lipinski definition) is 4. The highest BCUT2D eigenvalue weighted by atomic mass is 35.5. The van der Waals surface area contributed by atoms with Crippen LogP contribution < -0.4 is 16.4 Å². The third-order valence-electron chi connectivity index (χ3n) is 3.99. The van der Waals surface area contributed by atoms with E-state index in [-0.39, 0.29) is 16.8 Å². The number of amides is 1. The average molecular weight is 349 g/mol. The van der Waals surface area contributed by atoms with E-state index in [1.807, 2.05) is 18.2 Å². The van der Waals surface area contributed by atoms with Crippen LogP contribution in [-0.4, -0.2) is 26.5 Å². The fourth-order valence-electron chi connectivity index (χ4n) is 2.54. The molecule has 0 radical (unpaired) electrons. The van der Waals surface area contributed by atoms with E-state index in [2.05, 4.69) is 25.6 Å². The monoisotopic (exact) mass is 348 g/mol. The van der Waals surface area contributed by atoms with E-state index in [9.17, 15) is 9.90 Å². The van der Waals surface area contributed by atoms with Crippen molar-refractivity contribution >= 4 is 35.5 Å². The van der Waals surface area contributed by atoms with Crippen molar-refractivity contribution in [1.29, 1.82) is 0 Å². The Bertz CT molecular complexity index is 766. The molecular formula is C15H17ClN6O2. The van der Waals surface area contributed by atoms with Gasteiger partial charge in [-0.3, -0.25) is 9.78 Å². The maximum atomic E-state index is 10.7. The molecule has 1 amide bonds. The molecule has 0 aromatic carbocycles. The van der Waals surface area contributed by atoms with Crippen molar-refractivity contribution in [2.45, 2.75) is 31.4 Å². The number of carbonyl (C=O) groups is 1. The van der Waals surface area contributed by atoms with E-state index < -0.39 is 5.60 Å². The summed E-state index contributed by atoms with van der Waals surface area (Å²) in [5.74, 6) is 0.290. The maximum absolute atomic E-state index is 10.7. The molecule has 9 heteroatoms. The number of hydrogen-bond acceptors (Lipinski definition) is 7. The highest BCUT2D eigenvalue weighted by molar-refractivity contribution is 6.33. The Kier molecular flexibility index (Phi) is 4.50. The highest BCUT2D eigenvalue weighted by Crippen LogP contribution is 2.40. The number of anilines is 3. The molecule has 5 N–H and O–H groups in total. The molecular weight excluding hydrogens is 332 g/mol. The van der Waals surface area contributed by atoms with Gasteiger partial charge >= 0.3 is 0 Å². The minimum atomic E-state index is -0.817. The third kappa shape index (κ3) is 3.24. The zero-order valence-corrected chi connectivity index (χ0v) is 13.5. The molecule has 1 fully saturated rings. The summed E-state index contributed by atoms with van der Waals surface area (Å²) in [6.07, 6.45) is 2.93. The molecule has 8 nitrogen and oxygen atoms in total. The molecule has 0 bridgehead atoms. The van der Waals surface area contributed by atoms with Crippen LogP contribution in [0.1, 0.15) is 30.7 Å². The molecule has 126 valence electrons. The van der Waals surface area contributed by atoms with Crippen molar-refractivity contribution in [1.82, 2.24) is 15.0 Å². The number of aliphatic hydroxyl groups is 1. The molecule has 0 aliphatic heterocycles. The van der Waals surface area contributed by atoms with Crippen molar-refractivity contribution < 1.29 is 9.90 Å². The second-order valence-corrected chi connectivity index (χ2v) is 5.97. The van der Waals surface area contributed by atoms with Crippen LogP contribution in [0.2, 0.25) is 5.15 Å². The van der Waals surface area contributed by atoms with Gasteiger partial charge in [-0.25, -0.2) is 0 Å². The fraction of sp³-hybridized carbons (Fsp3) is 0.333. The number of pyridine rings is 1. The van der Waals surface area contributed by atoms with Crippen LogP contribution in [0.4, 0.5) is 17.5 Å². The molecule has 2 aromatic rings. The molecule has 0 spiro atoms. The predicted octanol–water partition coefficient (Wildman–Crippen LogP) is 1.66. The van der Waals surface area contributed by atoms with Gasteiger partial charge in [-0.2, -0.15) is 9.97 Å². The first-order chi connectivity index (χ1) is 11.5. The third-order valence-corrected chi connectivity index (χ3v) is 4.26. The van der Waals surface area contributed by atoms with Crippen LogP contribution in [0.15, 0.2) is 18.2 Å². The lowest BCUT2D eigenvalue weighted by molar-refractivity contribution is -0.105. The lowest BCUT2D eigenvalue weighted by Crippen LogP contribution is -2.34. The Morgan fingerprint density at radius 3 is 2.79 bits per heavy atom. The Morgan fingerprint density at radius 1 is 1.33 bits per heavy atom. The van der Waals surface area contributed by atoms with Crippen LogP contribution >= 0.6 is 11.6 Å². The second-order valence-electron chi connectivity index (χ2n) is 5.61. The number of nitrogens with one attached hydrogen (secondary N) is 2. The molecule has 1 aliphatic rings. The Morgan fingerprint density at radius 2 is 2.12 bits per heavy atom.